The first-order chi connectivity index (χ1) is 7.16. The van der Waals surface area contributed by atoms with Crippen LogP contribution in [0.1, 0.15) is 11.7 Å². The van der Waals surface area contributed by atoms with Crippen molar-refractivity contribution in [3.63, 3.8) is 0 Å². The van der Waals surface area contributed by atoms with Crippen molar-refractivity contribution in [2.24, 2.45) is 0 Å². The smallest absolute Gasteiger partial charge is 0.247 e. The van der Waals surface area contributed by atoms with E-state index in [1.54, 1.807) is 0 Å². The van der Waals surface area contributed by atoms with Crippen molar-refractivity contribution in [2.45, 2.75) is 9.77 Å². The number of aliphatic hydroxyl groups is 1. The van der Waals surface area contributed by atoms with Crippen LogP contribution in [0.2, 0.25) is 0 Å². The van der Waals surface area contributed by atoms with Gasteiger partial charge in [0.15, 0.2) is 9.84 Å². The molecule has 0 heterocycles. The van der Waals surface area contributed by atoms with Crippen molar-refractivity contribution in [2.75, 3.05) is 6.26 Å². The van der Waals surface area contributed by atoms with Gasteiger partial charge in [-0.15, -0.1) is 0 Å². The highest BCUT2D eigenvalue weighted by Crippen LogP contribution is 2.40. The van der Waals surface area contributed by atoms with Crippen LogP contribution in [0.15, 0.2) is 24.3 Å². The van der Waals surface area contributed by atoms with E-state index in [4.69, 9.17) is 23.2 Å². The molecule has 1 rings (SSSR count). The Morgan fingerprint density at radius 1 is 1.44 bits per heavy atom. The minimum absolute atomic E-state index is 0.00424. The number of sulfone groups is 1. The Labute approximate surface area is 103 Å². The van der Waals surface area contributed by atoms with Gasteiger partial charge in [0.1, 0.15) is 11.9 Å². The number of alkyl halides is 2. The highest BCUT2D eigenvalue weighted by Gasteiger charge is 2.44. The Morgan fingerprint density at radius 3 is 2.44 bits per heavy atom. The van der Waals surface area contributed by atoms with Crippen molar-refractivity contribution < 1.29 is 17.9 Å². The first-order valence-electron chi connectivity index (χ1n) is 4.17. The maximum atomic E-state index is 12.9. The van der Waals surface area contributed by atoms with E-state index in [0.717, 1.165) is 18.4 Å². The molecular weight excluding hydrogens is 278 g/mol. The van der Waals surface area contributed by atoms with Crippen LogP contribution in [0, 0.1) is 5.82 Å². The van der Waals surface area contributed by atoms with Gasteiger partial charge in [0, 0.05) is 6.26 Å². The molecule has 1 aromatic carbocycles. The maximum absolute atomic E-state index is 12.9. The van der Waals surface area contributed by atoms with Crippen LogP contribution in [-0.4, -0.2) is 23.4 Å². The van der Waals surface area contributed by atoms with Crippen molar-refractivity contribution in [1.29, 1.82) is 0 Å². The molecule has 0 fully saturated rings. The zero-order valence-corrected chi connectivity index (χ0v) is 10.5. The second kappa shape index (κ2) is 4.49. The van der Waals surface area contributed by atoms with Crippen LogP contribution in [0.3, 0.4) is 0 Å². The predicted octanol–water partition coefficient (Wildman–Crippen LogP) is 2.04. The van der Waals surface area contributed by atoms with E-state index in [-0.39, 0.29) is 5.56 Å². The first kappa shape index (κ1) is 13.7. The quantitative estimate of drug-likeness (QED) is 0.865. The van der Waals surface area contributed by atoms with Gasteiger partial charge in [-0.2, -0.15) is 0 Å². The Balaban J connectivity index is 3.17. The molecule has 0 radical (unpaired) electrons. The third-order valence-electron chi connectivity index (χ3n) is 1.98. The summed E-state index contributed by atoms with van der Waals surface area (Å²) in [6, 6.07) is 4.77. The number of halogens is 3. The molecule has 7 heteroatoms. The van der Waals surface area contributed by atoms with Crippen molar-refractivity contribution in [3.8, 4) is 0 Å². The summed E-state index contributed by atoms with van der Waals surface area (Å²) in [5.41, 5.74) is -0.00424. The summed E-state index contributed by atoms with van der Waals surface area (Å²) in [5, 5.41) is 9.70. The Hall–Kier alpha value is -0.360. The van der Waals surface area contributed by atoms with E-state index in [9.17, 15) is 17.9 Å². The van der Waals surface area contributed by atoms with Crippen LogP contribution in [0.5, 0.6) is 0 Å². The molecule has 90 valence electrons. The van der Waals surface area contributed by atoms with Gasteiger partial charge in [0.2, 0.25) is 3.67 Å². The lowest BCUT2D eigenvalue weighted by atomic mass is 10.1. The van der Waals surface area contributed by atoms with Crippen LogP contribution in [0.4, 0.5) is 4.39 Å². The summed E-state index contributed by atoms with van der Waals surface area (Å²) in [6.45, 7) is 0. The summed E-state index contributed by atoms with van der Waals surface area (Å²) in [7, 11) is -3.90. The standard InChI is InChI=1S/C9H9Cl2FO3S/c1-16(14,15)9(10,11)8(13)6-3-2-4-7(12)5-6/h2-5,8,13H,1H3/t8-/m0/s1. The topological polar surface area (TPSA) is 54.4 Å². The molecule has 3 nitrogen and oxygen atoms in total. The van der Waals surface area contributed by atoms with Crippen LogP contribution < -0.4 is 0 Å². The van der Waals surface area contributed by atoms with Crippen molar-refractivity contribution in [3.05, 3.63) is 35.6 Å². The molecule has 0 saturated carbocycles. The third-order valence-corrected chi connectivity index (χ3v) is 5.28. The van der Waals surface area contributed by atoms with Gasteiger partial charge in [0.05, 0.1) is 0 Å². The highest BCUT2D eigenvalue weighted by atomic mass is 35.5. The predicted molar refractivity (Wildman–Crippen MR) is 60.6 cm³/mol. The monoisotopic (exact) mass is 286 g/mol. The van der Waals surface area contributed by atoms with E-state index in [1.807, 2.05) is 0 Å². The first-order valence-corrected chi connectivity index (χ1v) is 6.82. The van der Waals surface area contributed by atoms with Gasteiger partial charge in [-0.1, -0.05) is 35.3 Å². The molecule has 0 bridgehead atoms. The summed E-state index contributed by atoms with van der Waals surface area (Å²) in [6.07, 6.45) is -0.934. The van der Waals surface area contributed by atoms with E-state index in [0.29, 0.717) is 0 Å². The van der Waals surface area contributed by atoms with Crippen molar-refractivity contribution in [1.82, 2.24) is 0 Å². The lowest BCUT2D eigenvalue weighted by Crippen LogP contribution is -2.32. The molecular formula is C9H9Cl2FO3S. The summed E-state index contributed by atoms with van der Waals surface area (Å²) >= 11 is 11.1. The fourth-order valence-electron chi connectivity index (χ4n) is 1.07. The van der Waals surface area contributed by atoms with Crippen LogP contribution >= 0.6 is 23.2 Å². The van der Waals surface area contributed by atoms with Crippen LogP contribution in [-0.2, 0) is 9.84 Å². The lowest BCUT2D eigenvalue weighted by molar-refractivity contribution is 0.181. The molecule has 0 saturated heterocycles. The number of hydrogen-bond donors (Lipinski definition) is 1. The number of rotatable bonds is 3. The molecule has 0 aliphatic heterocycles. The molecule has 1 atom stereocenters. The van der Waals surface area contributed by atoms with Crippen LogP contribution in [0.25, 0.3) is 0 Å². The highest BCUT2D eigenvalue weighted by molar-refractivity contribution is 7.94. The maximum Gasteiger partial charge on any atom is 0.247 e. The van der Waals surface area contributed by atoms with E-state index < -0.39 is 25.4 Å². The lowest BCUT2D eigenvalue weighted by Gasteiger charge is -2.24. The SMILES string of the molecule is CS(=O)(=O)C(Cl)(Cl)[C@@H](O)c1cccc(F)c1. The average Bonchev–Trinajstić information content (AvgIpc) is 2.14. The minimum atomic E-state index is -3.90. The largest absolute Gasteiger partial charge is 0.384 e. The minimum Gasteiger partial charge on any atom is -0.384 e. The average molecular weight is 287 g/mol. The number of hydrogen-bond acceptors (Lipinski definition) is 3. The summed E-state index contributed by atoms with van der Waals surface area (Å²) in [5.74, 6) is -0.616. The van der Waals surface area contributed by atoms with Gasteiger partial charge in [-0.3, -0.25) is 0 Å². The van der Waals surface area contributed by atoms with E-state index in [2.05, 4.69) is 0 Å². The fraction of sp³-hybridized carbons (Fsp3) is 0.333. The Morgan fingerprint density at radius 2 is 2.00 bits per heavy atom. The van der Waals surface area contributed by atoms with E-state index in [1.165, 1.54) is 12.1 Å². The number of aliphatic hydroxyl groups excluding tert-OH is 1. The molecule has 1 aromatic rings. The normalized spacial score (nSPS) is 14.8. The van der Waals surface area contributed by atoms with Gasteiger partial charge >= 0.3 is 0 Å². The van der Waals surface area contributed by atoms with Crippen molar-refractivity contribution >= 4 is 33.0 Å². The molecule has 0 aliphatic carbocycles. The molecule has 0 aromatic heterocycles. The van der Waals surface area contributed by atoms with Gasteiger partial charge < -0.3 is 5.11 Å². The Bertz CT molecular complexity index is 487. The van der Waals surface area contributed by atoms with Gasteiger partial charge in [0.25, 0.3) is 0 Å². The molecule has 0 spiro atoms. The summed E-state index contributed by atoms with van der Waals surface area (Å²) < 4.78 is 32.9. The Kier molecular flexibility index (Phi) is 3.84. The molecule has 16 heavy (non-hydrogen) atoms. The molecule has 0 unspecified atom stereocenters. The van der Waals surface area contributed by atoms with Gasteiger partial charge in [-0.25, -0.2) is 12.8 Å². The summed E-state index contributed by atoms with van der Waals surface area (Å²) in [4.78, 5) is 0. The zero-order valence-electron chi connectivity index (χ0n) is 8.19. The molecule has 1 N–H and O–H groups in total. The number of benzene rings is 1. The second-order valence-corrected chi connectivity index (χ2v) is 7.31. The molecule has 0 amide bonds. The van der Waals surface area contributed by atoms with E-state index >= 15 is 0 Å². The van der Waals surface area contributed by atoms with Gasteiger partial charge in [-0.05, 0) is 17.7 Å². The zero-order chi connectivity index (χ0) is 12.6. The second-order valence-electron chi connectivity index (χ2n) is 3.29. The molecule has 0 aliphatic rings. The third kappa shape index (κ3) is 2.66. The fourth-order valence-corrected chi connectivity index (χ4v) is 1.87.